The second kappa shape index (κ2) is 6.36. The maximum absolute atomic E-state index is 3.98. The smallest absolute Gasteiger partial charge is 0.0100 e. The van der Waals surface area contributed by atoms with E-state index in [-0.39, 0.29) is 0 Å². The molecule has 1 saturated heterocycles. The Bertz CT molecular complexity index is 297. The molecule has 1 aliphatic carbocycles. The molecule has 0 radical (unpaired) electrons. The molecule has 20 heavy (non-hydrogen) atoms. The van der Waals surface area contributed by atoms with Crippen LogP contribution < -0.4 is 5.32 Å². The molecule has 1 saturated carbocycles. The van der Waals surface area contributed by atoms with Crippen molar-refractivity contribution >= 4 is 0 Å². The number of nitrogens with zero attached hydrogens (tertiary/aromatic N) is 1. The maximum Gasteiger partial charge on any atom is 0.0100 e. The number of piperidine rings is 1. The van der Waals surface area contributed by atoms with E-state index in [0.717, 1.165) is 12.0 Å². The molecule has 0 bridgehead atoms. The summed E-state index contributed by atoms with van der Waals surface area (Å²) >= 11 is 0. The van der Waals surface area contributed by atoms with Crippen molar-refractivity contribution in [2.75, 3.05) is 26.7 Å². The molecule has 1 aliphatic heterocycles. The van der Waals surface area contributed by atoms with Crippen LogP contribution in [0.3, 0.4) is 0 Å². The van der Waals surface area contributed by atoms with Gasteiger partial charge in [-0.1, -0.05) is 40.5 Å². The number of hydrogen-bond acceptors (Lipinski definition) is 2. The zero-order valence-electron chi connectivity index (χ0n) is 14.5. The Morgan fingerprint density at radius 3 is 2.30 bits per heavy atom. The first-order chi connectivity index (χ1) is 9.30. The Morgan fingerprint density at radius 2 is 1.70 bits per heavy atom. The van der Waals surface area contributed by atoms with Crippen LogP contribution in [0.25, 0.3) is 0 Å². The Balaban J connectivity index is 1.88. The number of nitrogens with one attached hydrogen (secondary N) is 1. The van der Waals surface area contributed by atoms with Crippen molar-refractivity contribution in [2.45, 2.75) is 72.3 Å². The third kappa shape index (κ3) is 4.21. The van der Waals surface area contributed by atoms with Crippen molar-refractivity contribution in [2.24, 2.45) is 16.7 Å². The molecule has 2 aliphatic rings. The number of rotatable bonds is 3. The third-order valence-electron chi connectivity index (χ3n) is 5.86. The van der Waals surface area contributed by atoms with E-state index in [0.29, 0.717) is 10.8 Å². The summed E-state index contributed by atoms with van der Waals surface area (Å²) in [6.07, 6.45) is 8.36. The lowest BCUT2D eigenvalue weighted by Crippen LogP contribution is -2.49. The van der Waals surface area contributed by atoms with E-state index in [1.807, 2.05) is 0 Å². The quantitative estimate of drug-likeness (QED) is 0.843. The molecule has 118 valence electrons. The van der Waals surface area contributed by atoms with E-state index in [1.54, 1.807) is 0 Å². The van der Waals surface area contributed by atoms with Crippen molar-refractivity contribution in [3.05, 3.63) is 0 Å². The zero-order chi connectivity index (χ0) is 14.8. The zero-order valence-corrected chi connectivity index (χ0v) is 14.5. The van der Waals surface area contributed by atoms with Crippen LogP contribution in [0.4, 0.5) is 0 Å². The second-order valence-electron chi connectivity index (χ2n) is 8.86. The van der Waals surface area contributed by atoms with Gasteiger partial charge in [-0.2, -0.15) is 0 Å². The summed E-state index contributed by atoms with van der Waals surface area (Å²) in [6.45, 7) is 13.5. The lowest BCUT2D eigenvalue weighted by molar-refractivity contribution is 0.0969. The van der Waals surface area contributed by atoms with Crippen LogP contribution in [0.5, 0.6) is 0 Å². The minimum absolute atomic E-state index is 0.450. The molecule has 0 amide bonds. The van der Waals surface area contributed by atoms with Crippen LogP contribution >= 0.6 is 0 Å². The van der Waals surface area contributed by atoms with Gasteiger partial charge in [-0.3, -0.25) is 0 Å². The molecule has 1 heterocycles. The van der Waals surface area contributed by atoms with Gasteiger partial charge in [-0.25, -0.2) is 0 Å². The fourth-order valence-corrected chi connectivity index (χ4v) is 4.12. The standard InChI is InChI=1S/C18H36N2/c1-17(2,3)15-8-6-7-9-16(15)19-14-18(4)10-12-20(5)13-11-18/h15-16,19H,6-14H2,1-5H3. The summed E-state index contributed by atoms with van der Waals surface area (Å²) in [5.74, 6) is 0.853. The summed E-state index contributed by atoms with van der Waals surface area (Å²) < 4.78 is 0. The fourth-order valence-electron chi connectivity index (χ4n) is 4.12. The van der Waals surface area contributed by atoms with E-state index >= 15 is 0 Å². The predicted octanol–water partition coefficient (Wildman–Crippen LogP) is 3.91. The summed E-state index contributed by atoms with van der Waals surface area (Å²) in [4.78, 5) is 2.47. The third-order valence-corrected chi connectivity index (χ3v) is 5.86. The van der Waals surface area contributed by atoms with Crippen LogP contribution in [-0.2, 0) is 0 Å². The molecule has 0 aromatic heterocycles. The van der Waals surface area contributed by atoms with Gasteiger partial charge in [-0.05, 0) is 62.6 Å². The van der Waals surface area contributed by atoms with Crippen molar-refractivity contribution in [1.29, 1.82) is 0 Å². The van der Waals surface area contributed by atoms with Gasteiger partial charge in [0.15, 0.2) is 0 Å². The summed E-state index contributed by atoms with van der Waals surface area (Å²) in [7, 11) is 2.25. The Hall–Kier alpha value is -0.0800. The highest BCUT2D eigenvalue weighted by atomic mass is 15.1. The van der Waals surface area contributed by atoms with Crippen LogP contribution in [0.15, 0.2) is 0 Å². The fraction of sp³-hybridized carbons (Fsp3) is 1.00. The Labute approximate surface area is 126 Å². The van der Waals surface area contributed by atoms with Crippen LogP contribution in [0.2, 0.25) is 0 Å². The Morgan fingerprint density at radius 1 is 1.10 bits per heavy atom. The molecule has 2 unspecified atom stereocenters. The molecule has 0 spiro atoms. The summed E-state index contributed by atoms with van der Waals surface area (Å²) in [5.41, 5.74) is 0.970. The number of hydrogen-bond donors (Lipinski definition) is 1. The first-order valence-corrected chi connectivity index (χ1v) is 8.72. The highest BCUT2D eigenvalue weighted by molar-refractivity contribution is 4.91. The molecule has 2 heteroatoms. The summed E-state index contributed by atoms with van der Waals surface area (Å²) in [6, 6.07) is 0.750. The first-order valence-electron chi connectivity index (χ1n) is 8.72. The lowest BCUT2D eigenvalue weighted by Gasteiger charge is -2.44. The topological polar surface area (TPSA) is 15.3 Å². The molecule has 2 rings (SSSR count). The minimum Gasteiger partial charge on any atom is -0.313 e. The SMILES string of the molecule is CN1CCC(C)(CNC2CCCCC2C(C)(C)C)CC1. The second-order valence-corrected chi connectivity index (χ2v) is 8.86. The predicted molar refractivity (Wildman–Crippen MR) is 88.0 cm³/mol. The normalized spacial score (nSPS) is 32.2. The highest BCUT2D eigenvalue weighted by Gasteiger charge is 2.36. The largest absolute Gasteiger partial charge is 0.313 e. The maximum atomic E-state index is 3.98. The van der Waals surface area contributed by atoms with Crippen molar-refractivity contribution in [3.63, 3.8) is 0 Å². The van der Waals surface area contributed by atoms with E-state index < -0.39 is 0 Å². The number of likely N-dealkylation sites (tertiary alicyclic amines) is 1. The Kier molecular flexibility index (Phi) is 5.18. The average molecular weight is 280 g/mol. The van der Waals surface area contributed by atoms with E-state index in [2.05, 4.69) is 45.0 Å². The highest BCUT2D eigenvalue weighted by Crippen LogP contribution is 2.39. The lowest BCUT2D eigenvalue weighted by atomic mass is 9.69. The van der Waals surface area contributed by atoms with E-state index in [1.165, 1.54) is 58.2 Å². The van der Waals surface area contributed by atoms with Gasteiger partial charge in [0, 0.05) is 12.6 Å². The molecule has 0 aromatic carbocycles. The van der Waals surface area contributed by atoms with Crippen molar-refractivity contribution in [1.82, 2.24) is 10.2 Å². The molecule has 0 aromatic rings. The van der Waals surface area contributed by atoms with Gasteiger partial charge < -0.3 is 10.2 Å². The van der Waals surface area contributed by atoms with Gasteiger partial charge in [0.2, 0.25) is 0 Å². The van der Waals surface area contributed by atoms with E-state index in [9.17, 15) is 0 Å². The van der Waals surface area contributed by atoms with Crippen LogP contribution in [0, 0.1) is 16.7 Å². The molecule has 2 nitrogen and oxygen atoms in total. The summed E-state index contributed by atoms with van der Waals surface area (Å²) in [5, 5.41) is 3.98. The molecule has 2 fully saturated rings. The van der Waals surface area contributed by atoms with Crippen LogP contribution in [0.1, 0.15) is 66.2 Å². The van der Waals surface area contributed by atoms with Gasteiger partial charge >= 0.3 is 0 Å². The first kappa shape index (κ1) is 16.3. The van der Waals surface area contributed by atoms with E-state index in [4.69, 9.17) is 0 Å². The van der Waals surface area contributed by atoms with Gasteiger partial charge in [0.05, 0.1) is 0 Å². The van der Waals surface area contributed by atoms with Crippen LogP contribution in [-0.4, -0.2) is 37.6 Å². The molecular formula is C18H36N2. The average Bonchev–Trinajstić information content (AvgIpc) is 2.40. The van der Waals surface area contributed by atoms with Gasteiger partial charge in [-0.15, -0.1) is 0 Å². The van der Waals surface area contributed by atoms with Crippen molar-refractivity contribution < 1.29 is 0 Å². The monoisotopic (exact) mass is 280 g/mol. The molecule has 2 atom stereocenters. The van der Waals surface area contributed by atoms with Crippen molar-refractivity contribution in [3.8, 4) is 0 Å². The van der Waals surface area contributed by atoms with Gasteiger partial charge in [0.1, 0.15) is 0 Å². The molecule has 1 N–H and O–H groups in total. The minimum atomic E-state index is 0.450. The van der Waals surface area contributed by atoms with Gasteiger partial charge in [0.25, 0.3) is 0 Å². The molecular weight excluding hydrogens is 244 g/mol.